The van der Waals surface area contributed by atoms with Crippen LogP contribution < -0.4 is 5.73 Å². The van der Waals surface area contributed by atoms with Gasteiger partial charge in [0.2, 0.25) is 0 Å². The molecule has 2 aliphatic heterocycles. The molecular weight excluding hydrogens is 268 g/mol. The molecule has 2 N–H and O–H groups in total. The molecule has 0 bridgehead atoms. The van der Waals surface area contributed by atoms with Crippen LogP contribution in [-0.4, -0.2) is 23.0 Å². The van der Waals surface area contributed by atoms with Gasteiger partial charge in [-0.2, -0.15) is 0 Å². The molecule has 6 nitrogen and oxygen atoms in total. The van der Waals surface area contributed by atoms with E-state index in [0.29, 0.717) is 17.2 Å². The van der Waals surface area contributed by atoms with Gasteiger partial charge in [-0.05, 0) is 13.8 Å². The van der Waals surface area contributed by atoms with Crippen molar-refractivity contribution >= 4 is 28.4 Å². The van der Waals surface area contributed by atoms with E-state index in [1.165, 1.54) is 11.3 Å². The summed E-state index contributed by atoms with van der Waals surface area (Å²) >= 11 is 1.28. The summed E-state index contributed by atoms with van der Waals surface area (Å²) in [5, 5.41) is 2.17. The van der Waals surface area contributed by atoms with Crippen molar-refractivity contribution in [3.8, 4) is 0 Å². The van der Waals surface area contributed by atoms with E-state index < -0.39 is 23.0 Å². The van der Waals surface area contributed by atoms with Gasteiger partial charge < -0.3 is 15.2 Å². The number of carbonyl (C=O) groups excluding carboxylic acids is 2. The number of anilines is 1. The molecule has 19 heavy (non-hydrogen) atoms. The molecule has 0 aromatic carbocycles. The van der Waals surface area contributed by atoms with Crippen LogP contribution in [0.1, 0.15) is 32.4 Å². The highest BCUT2D eigenvalue weighted by Gasteiger charge is 2.65. The van der Waals surface area contributed by atoms with Crippen molar-refractivity contribution in [2.45, 2.75) is 38.4 Å². The quantitative estimate of drug-likeness (QED) is 0.615. The van der Waals surface area contributed by atoms with E-state index in [2.05, 4.69) is 4.98 Å². The third-order valence-electron chi connectivity index (χ3n) is 3.75. The van der Waals surface area contributed by atoms with Crippen molar-refractivity contribution in [1.29, 1.82) is 0 Å². The molecule has 2 aliphatic rings. The Hall–Kier alpha value is -1.63. The summed E-state index contributed by atoms with van der Waals surface area (Å²) in [6.45, 7) is 3.53. The van der Waals surface area contributed by atoms with E-state index in [1.54, 1.807) is 19.2 Å². The minimum atomic E-state index is -1.17. The Bertz CT molecular complexity index is 572. The largest absolute Gasteiger partial charge is 0.462 e. The Morgan fingerprint density at radius 1 is 1.47 bits per heavy atom. The van der Waals surface area contributed by atoms with Gasteiger partial charge in [0.1, 0.15) is 6.10 Å². The van der Waals surface area contributed by atoms with E-state index >= 15 is 0 Å². The van der Waals surface area contributed by atoms with Gasteiger partial charge in [-0.15, -0.1) is 11.3 Å². The number of hydrogen-bond donors (Lipinski definition) is 1. The molecule has 1 spiro atoms. The number of aromatic nitrogens is 1. The first kappa shape index (κ1) is 12.4. The van der Waals surface area contributed by atoms with Crippen molar-refractivity contribution in [2.75, 3.05) is 5.73 Å². The number of nitrogen functional groups attached to an aromatic ring is 1. The number of nitrogens with two attached hydrogens (primary N) is 1. The Balaban J connectivity index is 1.98. The molecule has 0 radical (unpaired) electrons. The van der Waals surface area contributed by atoms with Crippen molar-refractivity contribution in [3.63, 3.8) is 0 Å². The summed E-state index contributed by atoms with van der Waals surface area (Å²) in [5.41, 5.74) is 4.12. The highest BCUT2D eigenvalue weighted by atomic mass is 32.1. The van der Waals surface area contributed by atoms with Crippen molar-refractivity contribution in [1.82, 2.24) is 4.98 Å². The number of nitrogens with zero attached hydrogens (tertiary/aromatic N) is 1. The topological polar surface area (TPSA) is 91.5 Å². The second-order valence-corrected chi connectivity index (χ2v) is 6.26. The van der Waals surface area contributed by atoms with Crippen LogP contribution in [0.3, 0.4) is 0 Å². The van der Waals surface area contributed by atoms with Crippen LogP contribution >= 0.6 is 11.3 Å². The molecule has 1 aromatic heterocycles. The molecule has 2 saturated heterocycles. The fourth-order valence-electron chi connectivity index (χ4n) is 2.88. The Morgan fingerprint density at radius 3 is 2.74 bits per heavy atom. The number of rotatable bonds is 1. The summed E-state index contributed by atoms with van der Waals surface area (Å²) in [6.07, 6.45) is 0.355. The number of carbonyl (C=O) groups is 2. The van der Waals surface area contributed by atoms with Crippen molar-refractivity contribution in [3.05, 3.63) is 11.1 Å². The molecule has 102 valence electrons. The molecule has 3 rings (SSSR count). The average Bonchev–Trinajstić information content (AvgIpc) is 2.91. The summed E-state index contributed by atoms with van der Waals surface area (Å²) in [6, 6.07) is 0. The first-order chi connectivity index (χ1) is 8.86. The Kier molecular flexibility index (Phi) is 2.41. The van der Waals surface area contributed by atoms with E-state index in [1.807, 2.05) is 0 Å². The number of hydrogen-bond acceptors (Lipinski definition) is 7. The predicted octanol–water partition coefficient (Wildman–Crippen LogP) is 1.21. The Labute approximate surface area is 113 Å². The van der Waals surface area contributed by atoms with Gasteiger partial charge in [0.05, 0.1) is 5.69 Å². The second kappa shape index (κ2) is 3.69. The summed E-state index contributed by atoms with van der Waals surface area (Å²) in [4.78, 5) is 28.3. The fraction of sp³-hybridized carbons (Fsp3) is 0.583. The van der Waals surface area contributed by atoms with E-state index in [0.717, 1.165) is 0 Å². The number of thiazole rings is 1. The molecule has 7 heteroatoms. The SMILES string of the molecule is C[C@@H]1C[C@@]2(C[C@](C)(c3csc(N)n3)OC2=O)C(=O)O1. The molecule has 1 aromatic rings. The summed E-state index contributed by atoms with van der Waals surface area (Å²) < 4.78 is 10.6. The number of esters is 2. The fourth-order valence-corrected chi connectivity index (χ4v) is 3.57. The van der Waals surface area contributed by atoms with Crippen LogP contribution in [0, 0.1) is 5.41 Å². The van der Waals surface area contributed by atoms with Crippen LogP contribution in [0.25, 0.3) is 0 Å². The van der Waals surface area contributed by atoms with Crippen LogP contribution in [0.5, 0.6) is 0 Å². The maximum atomic E-state index is 12.2. The van der Waals surface area contributed by atoms with E-state index in [-0.39, 0.29) is 12.5 Å². The zero-order valence-electron chi connectivity index (χ0n) is 10.6. The lowest BCUT2D eigenvalue weighted by Crippen LogP contribution is -2.31. The lowest BCUT2D eigenvalue weighted by Gasteiger charge is -2.20. The van der Waals surface area contributed by atoms with Crippen LogP contribution in [0.4, 0.5) is 5.13 Å². The van der Waals surface area contributed by atoms with Gasteiger partial charge in [-0.3, -0.25) is 9.59 Å². The lowest BCUT2D eigenvalue weighted by atomic mass is 9.78. The highest BCUT2D eigenvalue weighted by Crippen LogP contribution is 2.52. The predicted molar refractivity (Wildman–Crippen MR) is 67.2 cm³/mol. The third kappa shape index (κ3) is 1.64. The summed E-state index contributed by atoms with van der Waals surface area (Å²) in [5.74, 6) is -1.01. The Morgan fingerprint density at radius 2 is 2.21 bits per heavy atom. The maximum absolute atomic E-state index is 12.2. The molecule has 0 amide bonds. The molecule has 0 aliphatic carbocycles. The van der Waals surface area contributed by atoms with E-state index in [9.17, 15) is 9.59 Å². The van der Waals surface area contributed by atoms with Gasteiger partial charge in [0.15, 0.2) is 16.1 Å². The van der Waals surface area contributed by atoms with Crippen LogP contribution in [0.2, 0.25) is 0 Å². The van der Waals surface area contributed by atoms with Crippen molar-refractivity contribution in [2.24, 2.45) is 5.41 Å². The van der Waals surface area contributed by atoms with Crippen LogP contribution in [0.15, 0.2) is 5.38 Å². The lowest BCUT2D eigenvalue weighted by molar-refractivity contribution is -0.160. The molecule has 0 unspecified atom stereocenters. The van der Waals surface area contributed by atoms with Gasteiger partial charge in [0.25, 0.3) is 0 Å². The number of ether oxygens (including phenoxy) is 2. The zero-order chi connectivity index (χ0) is 13.8. The molecule has 0 saturated carbocycles. The molecule has 3 heterocycles. The van der Waals surface area contributed by atoms with Gasteiger partial charge in [0, 0.05) is 18.2 Å². The molecule has 3 atom stereocenters. The second-order valence-electron chi connectivity index (χ2n) is 5.37. The first-order valence-corrected chi connectivity index (χ1v) is 6.90. The number of cyclic esters (lactones) is 2. The van der Waals surface area contributed by atoms with E-state index in [4.69, 9.17) is 15.2 Å². The van der Waals surface area contributed by atoms with Gasteiger partial charge >= 0.3 is 11.9 Å². The molecule has 2 fully saturated rings. The highest BCUT2D eigenvalue weighted by molar-refractivity contribution is 7.13. The van der Waals surface area contributed by atoms with Crippen LogP contribution in [-0.2, 0) is 24.7 Å². The molecular formula is C12H14N2O4S. The summed E-state index contributed by atoms with van der Waals surface area (Å²) in [7, 11) is 0. The average molecular weight is 282 g/mol. The minimum absolute atomic E-state index is 0.255. The first-order valence-electron chi connectivity index (χ1n) is 6.02. The maximum Gasteiger partial charge on any atom is 0.324 e. The normalized spacial score (nSPS) is 37.7. The van der Waals surface area contributed by atoms with Gasteiger partial charge in [-0.25, -0.2) is 4.98 Å². The van der Waals surface area contributed by atoms with Gasteiger partial charge in [-0.1, -0.05) is 0 Å². The third-order valence-corrected chi connectivity index (χ3v) is 4.42. The zero-order valence-corrected chi connectivity index (χ0v) is 11.5. The minimum Gasteiger partial charge on any atom is -0.462 e. The monoisotopic (exact) mass is 282 g/mol. The smallest absolute Gasteiger partial charge is 0.324 e. The van der Waals surface area contributed by atoms with Crippen molar-refractivity contribution < 1.29 is 19.1 Å². The standard InChI is InChI=1S/C12H14N2O4S/c1-6-3-12(8(15)17-6)5-11(2,18-9(12)16)7-4-19-10(13)14-7/h4,6H,3,5H2,1-2H3,(H2,13,14)/t6-,11-,12-/m1/s1.